The average Bonchev–Trinajstić information content (AvgIpc) is 2.89. The Morgan fingerprint density at radius 1 is 1.35 bits per heavy atom. The van der Waals surface area contributed by atoms with E-state index in [1.54, 1.807) is 0 Å². The van der Waals surface area contributed by atoms with Gasteiger partial charge in [-0.2, -0.15) is 0 Å². The van der Waals surface area contributed by atoms with Gasteiger partial charge in [-0.25, -0.2) is 0 Å². The number of benzene rings is 1. The molecule has 3 heteroatoms. The molecule has 1 aliphatic carbocycles. The molecule has 1 saturated carbocycles. The van der Waals surface area contributed by atoms with Crippen LogP contribution in [0.1, 0.15) is 50.8 Å². The fourth-order valence-electron chi connectivity index (χ4n) is 3.46. The maximum Gasteiger partial charge on any atom is 0.134 e. The van der Waals surface area contributed by atoms with Gasteiger partial charge in [-0.05, 0) is 48.9 Å². The van der Waals surface area contributed by atoms with Gasteiger partial charge < -0.3 is 10.2 Å². The number of hydrogen-bond donors (Lipinski definition) is 1. The zero-order valence-corrected chi connectivity index (χ0v) is 12.7. The molecular weight excluding hydrogens is 270 g/mol. The molecule has 1 aliphatic rings. The van der Waals surface area contributed by atoms with Gasteiger partial charge in [0.05, 0.1) is 6.04 Å². The first-order valence-corrected chi connectivity index (χ1v) is 7.99. The second-order valence-electron chi connectivity index (χ2n) is 6.06. The first-order chi connectivity index (χ1) is 9.67. The minimum Gasteiger partial charge on any atom is -0.459 e. The zero-order chi connectivity index (χ0) is 14.1. The molecule has 20 heavy (non-hydrogen) atoms. The number of rotatable bonds is 3. The van der Waals surface area contributed by atoms with Crippen LogP contribution in [0.15, 0.2) is 28.7 Å². The van der Waals surface area contributed by atoms with Gasteiger partial charge in [0.15, 0.2) is 0 Å². The van der Waals surface area contributed by atoms with Gasteiger partial charge in [0.1, 0.15) is 11.3 Å². The largest absolute Gasteiger partial charge is 0.459 e. The molecule has 1 heterocycles. The summed E-state index contributed by atoms with van der Waals surface area (Å²) in [5.41, 5.74) is 7.34. The van der Waals surface area contributed by atoms with E-state index in [-0.39, 0.29) is 6.04 Å². The standard InChI is InChI=1S/C17H22ClNO/c1-2-11-4-3-5-12(8-11)17(19)16-10-13-9-14(18)6-7-15(13)20-16/h6-7,9-12,17H,2-5,8,19H2,1H3. The molecular formula is C17H22ClNO. The molecule has 3 unspecified atom stereocenters. The van der Waals surface area contributed by atoms with Crippen molar-refractivity contribution < 1.29 is 4.42 Å². The molecule has 0 spiro atoms. The summed E-state index contributed by atoms with van der Waals surface area (Å²) in [5.74, 6) is 2.28. The lowest BCUT2D eigenvalue weighted by molar-refractivity contribution is 0.218. The van der Waals surface area contributed by atoms with Crippen molar-refractivity contribution in [3.63, 3.8) is 0 Å². The van der Waals surface area contributed by atoms with Crippen LogP contribution in [0.2, 0.25) is 5.02 Å². The predicted molar refractivity (Wildman–Crippen MR) is 83.9 cm³/mol. The lowest BCUT2D eigenvalue weighted by Crippen LogP contribution is -2.26. The molecule has 1 aromatic carbocycles. The second kappa shape index (κ2) is 5.79. The van der Waals surface area contributed by atoms with Gasteiger partial charge in [-0.3, -0.25) is 0 Å². The van der Waals surface area contributed by atoms with Crippen molar-refractivity contribution in [1.82, 2.24) is 0 Å². The smallest absolute Gasteiger partial charge is 0.134 e. The lowest BCUT2D eigenvalue weighted by atomic mass is 9.76. The molecule has 0 radical (unpaired) electrons. The van der Waals surface area contributed by atoms with E-state index < -0.39 is 0 Å². The second-order valence-corrected chi connectivity index (χ2v) is 6.49. The molecule has 0 amide bonds. The molecule has 0 aliphatic heterocycles. The van der Waals surface area contributed by atoms with Crippen LogP contribution >= 0.6 is 11.6 Å². The third-order valence-electron chi connectivity index (χ3n) is 4.73. The summed E-state index contributed by atoms with van der Waals surface area (Å²) in [6.45, 7) is 2.28. The summed E-state index contributed by atoms with van der Waals surface area (Å²) in [6, 6.07) is 7.78. The van der Waals surface area contributed by atoms with Crippen molar-refractivity contribution in [2.24, 2.45) is 17.6 Å². The Morgan fingerprint density at radius 2 is 2.20 bits per heavy atom. The van der Waals surface area contributed by atoms with Gasteiger partial charge in [0, 0.05) is 10.4 Å². The van der Waals surface area contributed by atoms with Crippen molar-refractivity contribution in [3.8, 4) is 0 Å². The van der Waals surface area contributed by atoms with Gasteiger partial charge in [-0.1, -0.05) is 37.8 Å². The predicted octanol–water partition coefficient (Wildman–Crippen LogP) is 5.30. The topological polar surface area (TPSA) is 39.2 Å². The van der Waals surface area contributed by atoms with Crippen molar-refractivity contribution in [3.05, 3.63) is 35.0 Å². The Labute approximate surface area is 125 Å². The van der Waals surface area contributed by atoms with E-state index in [4.69, 9.17) is 21.8 Å². The van der Waals surface area contributed by atoms with E-state index in [2.05, 4.69) is 13.0 Å². The van der Waals surface area contributed by atoms with E-state index in [9.17, 15) is 0 Å². The molecule has 1 aromatic heterocycles. The monoisotopic (exact) mass is 291 g/mol. The Morgan fingerprint density at radius 3 is 3.00 bits per heavy atom. The Balaban J connectivity index is 1.82. The summed E-state index contributed by atoms with van der Waals surface area (Å²) < 4.78 is 5.92. The molecule has 2 aromatic rings. The van der Waals surface area contributed by atoms with E-state index in [0.29, 0.717) is 5.92 Å². The van der Waals surface area contributed by atoms with Crippen molar-refractivity contribution in [2.75, 3.05) is 0 Å². The number of fused-ring (bicyclic) bond motifs is 1. The first kappa shape index (κ1) is 14.0. The van der Waals surface area contributed by atoms with Crippen LogP contribution in [-0.4, -0.2) is 0 Å². The quantitative estimate of drug-likeness (QED) is 0.833. The number of hydrogen-bond acceptors (Lipinski definition) is 2. The molecule has 0 bridgehead atoms. The Hall–Kier alpha value is -0.990. The van der Waals surface area contributed by atoms with Crippen LogP contribution in [0.4, 0.5) is 0 Å². The molecule has 2 N–H and O–H groups in total. The molecule has 3 atom stereocenters. The first-order valence-electron chi connectivity index (χ1n) is 7.62. The summed E-state index contributed by atoms with van der Waals surface area (Å²) in [6.07, 6.45) is 6.36. The maximum atomic E-state index is 6.46. The van der Waals surface area contributed by atoms with E-state index in [1.807, 2.05) is 18.2 Å². The summed E-state index contributed by atoms with van der Waals surface area (Å²) in [4.78, 5) is 0. The van der Waals surface area contributed by atoms with Crippen LogP contribution in [0, 0.1) is 11.8 Å². The molecule has 3 rings (SSSR count). The van der Waals surface area contributed by atoms with Crippen LogP contribution in [0.25, 0.3) is 11.0 Å². The van der Waals surface area contributed by atoms with Gasteiger partial charge >= 0.3 is 0 Å². The fourth-order valence-corrected chi connectivity index (χ4v) is 3.64. The van der Waals surface area contributed by atoms with Gasteiger partial charge in [0.2, 0.25) is 0 Å². The van der Waals surface area contributed by atoms with Crippen molar-refractivity contribution in [1.29, 1.82) is 0 Å². The average molecular weight is 292 g/mol. The lowest BCUT2D eigenvalue weighted by Gasteiger charge is -2.31. The highest BCUT2D eigenvalue weighted by Gasteiger charge is 2.28. The van der Waals surface area contributed by atoms with Crippen LogP contribution < -0.4 is 5.73 Å². The molecule has 0 saturated heterocycles. The number of furan rings is 1. The Kier molecular flexibility index (Phi) is 4.04. The third kappa shape index (κ3) is 2.72. The van der Waals surface area contributed by atoms with Gasteiger partial charge in [-0.15, -0.1) is 0 Å². The molecule has 2 nitrogen and oxygen atoms in total. The van der Waals surface area contributed by atoms with Crippen molar-refractivity contribution in [2.45, 2.75) is 45.1 Å². The minimum absolute atomic E-state index is 0.00975. The van der Waals surface area contributed by atoms with E-state index in [0.717, 1.165) is 27.7 Å². The summed E-state index contributed by atoms with van der Waals surface area (Å²) >= 11 is 6.02. The molecule has 108 valence electrons. The van der Waals surface area contributed by atoms with E-state index >= 15 is 0 Å². The third-order valence-corrected chi connectivity index (χ3v) is 4.97. The van der Waals surface area contributed by atoms with Crippen LogP contribution in [-0.2, 0) is 0 Å². The van der Waals surface area contributed by atoms with Crippen LogP contribution in [0.5, 0.6) is 0 Å². The SMILES string of the molecule is CCC1CCCC(C(N)c2cc3cc(Cl)ccc3o2)C1. The fraction of sp³-hybridized carbons (Fsp3) is 0.529. The highest BCUT2D eigenvalue weighted by molar-refractivity contribution is 6.31. The zero-order valence-electron chi connectivity index (χ0n) is 11.9. The maximum absolute atomic E-state index is 6.46. The van der Waals surface area contributed by atoms with Gasteiger partial charge in [0.25, 0.3) is 0 Å². The van der Waals surface area contributed by atoms with Crippen LogP contribution in [0.3, 0.4) is 0 Å². The normalized spacial score (nSPS) is 24.9. The summed E-state index contributed by atoms with van der Waals surface area (Å²) in [7, 11) is 0. The number of nitrogens with two attached hydrogens (primary N) is 1. The highest BCUT2D eigenvalue weighted by Crippen LogP contribution is 2.38. The Bertz CT molecular complexity index is 592. The highest BCUT2D eigenvalue weighted by atomic mass is 35.5. The summed E-state index contributed by atoms with van der Waals surface area (Å²) in [5, 5.41) is 1.79. The number of halogens is 1. The molecule has 1 fully saturated rings. The van der Waals surface area contributed by atoms with E-state index in [1.165, 1.54) is 32.1 Å². The minimum atomic E-state index is 0.00975. The van der Waals surface area contributed by atoms with Crippen molar-refractivity contribution >= 4 is 22.6 Å².